The minimum atomic E-state index is -1.28. The van der Waals surface area contributed by atoms with Gasteiger partial charge in [-0.05, 0) is 37.8 Å². The van der Waals surface area contributed by atoms with E-state index < -0.39 is 29.8 Å². The van der Waals surface area contributed by atoms with Crippen LogP contribution in [-0.4, -0.2) is 29.1 Å². The summed E-state index contributed by atoms with van der Waals surface area (Å²) in [5, 5.41) is 11.7. The van der Waals surface area contributed by atoms with Crippen LogP contribution in [0.5, 0.6) is 5.75 Å². The highest BCUT2D eigenvalue weighted by atomic mass is 19.1. The average molecular weight is 281 g/mol. The molecule has 108 valence electrons. The van der Waals surface area contributed by atoms with Crippen molar-refractivity contribution in [1.82, 2.24) is 5.32 Å². The smallest absolute Gasteiger partial charge is 0.329 e. The topological polar surface area (TPSA) is 75.6 Å². The van der Waals surface area contributed by atoms with Crippen molar-refractivity contribution >= 4 is 11.9 Å². The Kier molecular flexibility index (Phi) is 3.92. The Hall–Kier alpha value is -2.11. The highest BCUT2D eigenvalue weighted by Crippen LogP contribution is 2.39. The van der Waals surface area contributed by atoms with Gasteiger partial charge in [0, 0.05) is 0 Å². The van der Waals surface area contributed by atoms with E-state index >= 15 is 0 Å². The lowest BCUT2D eigenvalue weighted by Crippen LogP contribution is -2.55. The molecular formula is C14H16FNO4. The molecule has 1 atom stereocenters. The van der Waals surface area contributed by atoms with E-state index in [-0.39, 0.29) is 11.7 Å². The Bertz CT molecular complexity index is 530. The van der Waals surface area contributed by atoms with Crippen LogP contribution in [0.3, 0.4) is 0 Å². The third-order valence-electron chi connectivity index (χ3n) is 3.43. The number of hydrogen-bond acceptors (Lipinski definition) is 3. The molecule has 2 N–H and O–H groups in total. The first-order valence-electron chi connectivity index (χ1n) is 6.35. The van der Waals surface area contributed by atoms with Crippen LogP contribution in [-0.2, 0) is 9.59 Å². The number of amides is 1. The molecule has 1 saturated carbocycles. The molecule has 1 aliphatic rings. The second kappa shape index (κ2) is 5.48. The first-order chi connectivity index (χ1) is 9.43. The SMILES string of the molecule is CC(NC(=O)COc1ccccc1F)(C(=O)O)C1CC1. The third-order valence-corrected chi connectivity index (χ3v) is 3.43. The highest BCUT2D eigenvalue weighted by Gasteiger charge is 2.48. The summed E-state index contributed by atoms with van der Waals surface area (Å²) in [6.45, 7) is 1.06. The number of carboxylic acids is 1. The summed E-state index contributed by atoms with van der Waals surface area (Å²) in [5.41, 5.74) is -1.28. The molecule has 0 heterocycles. The minimum Gasteiger partial charge on any atom is -0.481 e. The molecule has 20 heavy (non-hydrogen) atoms. The molecule has 1 aliphatic carbocycles. The molecule has 0 bridgehead atoms. The Morgan fingerprint density at radius 2 is 2.10 bits per heavy atom. The van der Waals surface area contributed by atoms with Gasteiger partial charge < -0.3 is 15.2 Å². The number of benzene rings is 1. The predicted molar refractivity (Wildman–Crippen MR) is 68.8 cm³/mol. The average Bonchev–Trinajstić information content (AvgIpc) is 3.22. The fraction of sp³-hybridized carbons (Fsp3) is 0.429. The number of carboxylic acid groups (broad SMARTS) is 1. The van der Waals surface area contributed by atoms with Crippen molar-refractivity contribution in [3.8, 4) is 5.75 Å². The van der Waals surface area contributed by atoms with Crippen molar-refractivity contribution in [1.29, 1.82) is 0 Å². The molecule has 0 radical (unpaired) electrons. The first-order valence-corrected chi connectivity index (χ1v) is 6.35. The summed E-state index contributed by atoms with van der Waals surface area (Å²) in [7, 11) is 0. The van der Waals surface area contributed by atoms with Gasteiger partial charge in [-0.3, -0.25) is 4.79 Å². The van der Waals surface area contributed by atoms with Crippen LogP contribution >= 0.6 is 0 Å². The number of ether oxygens (including phenoxy) is 1. The van der Waals surface area contributed by atoms with Crippen LogP contribution in [0.2, 0.25) is 0 Å². The Morgan fingerprint density at radius 1 is 1.45 bits per heavy atom. The monoisotopic (exact) mass is 281 g/mol. The fourth-order valence-electron chi connectivity index (χ4n) is 2.02. The quantitative estimate of drug-likeness (QED) is 0.830. The van der Waals surface area contributed by atoms with Crippen LogP contribution in [0.4, 0.5) is 4.39 Å². The standard InChI is InChI=1S/C14H16FNO4/c1-14(13(18)19,9-6-7-9)16-12(17)8-20-11-5-3-2-4-10(11)15/h2-5,9H,6-8H2,1H3,(H,16,17)(H,18,19). The van der Waals surface area contributed by atoms with Gasteiger partial charge in [-0.1, -0.05) is 12.1 Å². The summed E-state index contributed by atoms with van der Waals surface area (Å²) >= 11 is 0. The highest BCUT2D eigenvalue weighted by molar-refractivity contribution is 5.88. The second-order valence-corrected chi connectivity index (χ2v) is 5.05. The van der Waals surface area contributed by atoms with Gasteiger partial charge in [-0.15, -0.1) is 0 Å². The van der Waals surface area contributed by atoms with Gasteiger partial charge in [0.1, 0.15) is 5.54 Å². The van der Waals surface area contributed by atoms with E-state index in [0.29, 0.717) is 0 Å². The van der Waals surface area contributed by atoms with Crippen LogP contribution in [0.15, 0.2) is 24.3 Å². The summed E-state index contributed by atoms with van der Waals surface area (Å²) in [4.78, 5) is 23.0. The number of nitrogens with one attached hydrogen (secondary N) is 1. The molecule has 1 unspecified atom stereocenters. The van der Waals surface area contributed by atoms with Crippen LogP contribution in [0.1, 0.15) is 19.8 Å². The maximum Gasteiger partial charge on any atom is 0.329 e. The maximum atomic E-state index is 13.3. The van der Waals surface area contributed by atoms with Crippen LogP contribution in [0, 0.1) is 11.7 Å². The lowest BCUT2D eigenvalue weighted by atomic mass is 9.96. The molecule has 0 aromatic heterocycles. The van der Waals surface area contributed by atoms with Crippen molar-refractivity contribution in [3.05, 3.63) is 30.1 Å². The first kappa shape index (κ1) is 14.3. The number of carbonyl (C=O) groups excluding carboxylic acids is 1. The van der Waals surface area contributed by atoms with E-state index in [1.807, 2.05) is 0 Å². The summed E-state index contributed by atoms with van der Waals surface area (Å²) in [6.07, 6.45) is 1.55. The maximum absolute atomic E-state index is 13.3. The third kappa shape index (κ3) is 3.07. The zero-order valence-corrected chi connectivity index (χ0v) is 11.1. The van der Waals surface area contributed by atoms with E-state index in [2.05, 4.69) is 5.32 Å². The molecule has 1 aromatic rings. The molecule has 5 nitrogen and oxygen atoms in total. The Balaban J connectivity index is 1.92. The number of para-hydroxylation sites is 1. The molecule has 6 heteroatoms. The molecule has 2 rings (SSSR count). The molecule has 1 aromatic carbocycles. The van der Waals surface area contributed by atoms with E-state index in [1.165, 1.54) is 25.1 Å². The number of hydrogen-bond donors (Lipinski definition) is 2. The molecular weight excluding hydrogens is 265 g/mol. The van der Waals surface area contributed by atoms with Gasteiger partial charge in [0.25, 0.3) is 5.91 Å². The molecule has 0 spiro atoms. The summed E-state index contributed by atoms with van der Waals surface area (Å²) < 4.78 is 18.3. The summed E-state index contributed by atoms with van der Waals surface area (Å²) in [5.74, 6) is -2.31. The fourth-order valence-corrected chi connectivity index (χ4v) is 2.02. The van der Waals surface area contributed by atoms with Crippen molar-refractivity contribution < 1.29 is 23.8 Å². The number of rotatable bonds is 6. The van der Waals surface area contributed by atoms with Crippen molar-refractivity contribution in [2.45, 2.75) is 25.3 Å². The Morgan fingerprint density at radius 3 is 2.65 bits per heavy atom. The van der Waals surface area contributed by atoms with E-state index in [1.54, 1.807) is 6.07 Å². The predicted octanol–water partition coefficient (Wildman–Crippen LogP) is 1.57. The molecule has 0 aliphatic heterocycles. The molecule has 1 amide bonds. The minimum absolute atomic E-state index is 0.0360. The summed E-state index contributed by atoms with van der Waals surface area (Å²) in [6, 6.07) is 5.72. The number of aliphatic carboxylic acids is 1. The van der Waals surface area contributed by atoms with Gasteiger partial charge in [0.2, 0.25) is 0 Å². The largest absolute Gasteiger partial charge is 0.481 e. The van der Waals surface area contributed by atoms with Gasteiger partial charge in [-0.2, -0.15) is 0 Å². The van der Waals surface area contributed by atoms with Gasteiger partial charge >= 0.3 is 5.97 Å². The molecule has 1 fully saturated rings. The normalized spacial score (nSPS) is 17.1. The van der Waals surface area contributed by atoms with E-state index in [4.69, 9.17) is 4.74 Å². The number of halogens is 1. The lowest BCUT2D eigenvalue weighted by Gasteiger charge is -2.26. The van der Waals surface area contributed by atoms with Crippen molar-refractivity contribution in [2.75, 3.05) is 6.61 Å². The van der Waals surface area contributed by atoms with Crippen molar-refractivity contribution in [2.24, 2.45) is 5.92 Å². The van der Waals surface area contributed by atoms with E-state index in [9.17, 15) is 19.1 Å². The Labute approximate surface area is 115 Å². The van der Waals surface area contributed by atoms with Crippen LogP contribution in [0.25, 0.3) is 0 Å². The van der Waals surface area contributed by atoms with Crippen LogP contribution < -0.4 is 10.1 Å². The zero-order valence-electron chi connectivity index (χ0n) is 11.1. The zero-order chi connectivity index (χ0) is 14.8. The molecule has 0 saturated heterocycles. The van der Waals surface area contributed by atoms with Gasteiger partial charge in [0.05, 0.1) is 0 Å². The van der Waals surface area contributed by atoms with Crippen molar-refractivity contribution in [3.63, 3.8) is 0 Å². The van der Waals surface area contributed by atoms with Gasteiger partial charge in [-0.25, -0.2) is 9.18 Å². The van der Waals surface area contributed by atoms with E-state index in [0.717, 1.165) is 12.8 Å². The lowest BCUT2D eigenvalue weighted by molar-refractivity contribution is -0.148. The second-order valence-electron chi connectivity index (χ2n) is 5.05. The van der Waals surface area contributed by atoms with Gasteiger partial charge in [0.15, 0.2) is 18.2 Å². The number of carbonyl (C=O) groups is 2.